The Morgan fingerprint density at radius 1 is 1.57 bits per heavy atom. The predicted octanol–water partition coefficient (Wildman–Crippen LogP) is -0.867. The molecule has 2 unspecified atom stereocenters. The zero-order valence-electron chi connectivity index (χ0n) is 7.73. The first-order valence-electron chi connectivity index (χ1n) is 3.89. The fourth-order valence-corrected chi connectivity index (χ4v) is 1.37. The molecule has 0 saturated carbocycles. The summed E-state index contributed by atoms with van der Waals surface area (Å²) in [5, 5.41) is 11.2. The smallest absolute Gasteiger partial charge is 0.321 e. The molecular formula is C7H14N2O3S2. The molecule has 0 aromatic carbocycles. The molecule has 0 heterocycles. The van der Waals surface area contributed by atoms with Crippen molar-refractivity contribution < 1.29 is 14.7 Å². The van der Waals surface area contributed by atoms with E-state index in [0.29, 0.717) is 0 Å². The van der Waals surface area contributed by atoms with Gasteiger partial charge in [0, 0.05) is 5.75 Å². The van der Waals surface area contributed by atoms with Crippen molar-refractivity contribution in [2.24, 2.45) is 5.73 Å². The van der Waals surface area contributed by atoms with Crippen molar-refractivity contribution in [2.45, 2.75) is 18.6 Å². The molecular weight excluding hydrogens is 224 g/mol. The van der Waals surface area contributed by atoms with E-state index in [2.05, 4.69) is 30.6 Å². The van der Waals surface area contributed by atoms with E-state index in [1.807, 2.05) is 0 Å². The van der Waals surface area contributed by atoms with E-state index in [-0.39, 0.29) is 17.3 Å². The summed E-state index contributed by atoms with van der Waals surface area (Å²) in [5.41, 5.74) is 4.20. The van der Waals surface area contributed by atoms with E-state index >= 15 is 0 Å². The van der Waals surface area contributed by atoms with Crippen LogP contribution in [0.2, 0.25) is 0 Å². The number of Topliss-reactive ketones (excluding diaryl/α,β-unsaturated/α-hetero) is 1. The van der Waals surface area contributed by atoms with E-state index < -0.39 is 17.7 Å². The fraction of sp³-hybridized carbons (Fsp3) is 0.714. The van der Waals surface area contributed by atoms with Crippen molar-refractivity contribution in [3.8, 4) is 0 Å². The molecule has 0 amide bonds. The summed E-state index contributed by atoms with van der Waals surface area (Å²) in [7, 11) is 0. The summed E-state index contributed by atoms with van der Waals surface area (Å²) >= 11 is 7.61. The summed E-state index contributed by atoms with van der Waals surface area (Å²) < 4.78 is 0. The molecule has 14 heavy (non-hydrogen) atoms. The van der Waals surface area contributed by atoms with Crippen LogP contribution in [0.25, 0.3) is 0 Å². The van der Waals surface area contributed by atoms with Crippen LogP contribution in [-0.2, 0) is 9.59 Å². The molecule has 0 aliphatic heterocycles. The maximum atomic E-state index is 11.2. The van der Waals surface area contributed by atoms with Gasteiger partial charge in [0.15, 0.2) is 5.78 Å². The first-order valence-corrected chi connectivity index (χ1v) is 5.16. The minimum Gasteiger partial charge on any atom is -0.480 e. The number of hydrogen-bond donors (Lipinski definition) is 5. The van der Waals surface area contributed by atoms with E-state index in [1.54, 1.807) is 0 Å². The summed E-state index contributed by atoms with van der Waals surface area (Å²) in [4.78, 5) is 21.8. The molecule has 0 rings (SSSR count). The maximum Gasteiger partial charge on any atom is 0.321 e. The quantitative estimate of drug-likeness (QED) is 0.306. The second kappa shape index (κ2) is 5.59. The van der Waals surface area contributed by atoms with E-state index in [1.165, 1.54) is 6.92 Å². The number of nitrogens with two attached hydrogens (primary N) is 1. The third kappa shape index (κ3) is 3.87. The van der Waals surface area contributed by atoms with Gasteiger partial charge >= 0.3 is 5.97 Å². The van der Waals surface area contributed by atoms with Crippen molar-refractivity contribution in [3.05, 3.63) is 0 Å². The van der Waals surface area contributed by atoms with Crippen LogP contribution in [0.5, 0.6) is 0 Å². The van der Waals surface area contributed by atoms with Gasteiger partial charge in [-0.2, -0.15) is 25.3 Å². The van der Waals surface area contributed by atoms with E-state index in [4.69, 9.17) is 10.8 Å². The lowest BCUT2D eigenvalue weighted by molar-refractivity contribution is -0.139. The number of carboxylic acid groups (broad SMARTS) is 1. The lowest BCUT2D eigenvalue weighted by Crippen LogP contribution is -2.63. The van der Waals surface area contributed by atoms with Gasteiger partial charge in [-0.05, 0) is 6.92 Å². The van der Waals surface area contributed by atoms with Crippen molar-refractivity contribution >= 4 is 37.0 Å². The number of rotatable bonds is 6. The Morgan fingerprint density at radius 2 is 2.07 bits per heavy atom. The number of aliphatic carboxylic acids is 1. The number of carbonyl (C=O) groups is 2. The highest BCUT2D eigenvalue weighted by Crippen LogP contribution is 2.01. The van der Waals surface area contributed by atoms with Crippen molar-refractivity contribution in [1.82, 2.24) is 5.32 Å². The molecule has 0 bridgehead atoms. The highest BCUT2D eigenvalue weighted by Gasteiger charge is 2.31. The third-order valence-corrected chi connectivity index (χ3v) is 2.33. The zero-order chi connectivity index (χ0) is 11.4. The highest BCUT2D eigenvalue weighted by atomic mass is 32.1. The minimum atomic E-state index is -1.38. The Bertz CT molecular complexity index is 233. The van der Waals surface area contributed by atoms with Crippen LogP contribution in [0, 0.1) is 0 Å². The summed E-state index contributed by atoms with van der Waals surface area (Å²) in [6.07, 6.45) is 0. The maximum absolute atomic E-state index is 11.2. The largest absolute Gasteiger partial charge is 0.480 e. The summed E-state index contributed by atoms with van der Waals surface area (Å²) in [6.45, 7) is 1.41. The van der Waals surface area contributed by atoms with Gasteiger partial charge in [0.05, 0.1) is 5.75 Å². The average Bonchev–Trinajstić information content (AvgIpc) is 2.12. The van der Waals surface area contributed by atoms with Crippen LogP contribution in [0.1, 0.15) is 6.92 Å². The molecule has 0 fully saturated rings. The van der Waals surface area contributed by atoms with Crippen LogP contribution in [0.15, 0.2) is 0 Å². The molecule has 2 atom stereocenters. The van der Waals surface area contributed by atoms with Crippen LogP contribution >= 0.6 is 25.3 Å². The summed E-state index contributed by atoms with van der Waals surface area (Å²) in [5.74, 6) is -1.45. The monoisotopic (exact) mass is 238 g/mol. The number of carbonyl (C=O) groups excluding carboxylic acids is 1. The number of hydrogen-bond acceptors (Lipinski definition) is 6. The van der Waals surface area contributed by atoms with E-state index in [0.717, 1.165) is 0 Å². The van der Waals surface area contributed by atoms with Gasteiger partial charge in [-0.15, -0.1) is 0 Å². The molecule has 0 radical (unpaired) electrons. The molecule has 4 N–H and O–H groups in total. The number of nitrogens with one attached hydrogen (secondary N) is 1. The molecule has 0 aromatic rings. The van der Waals surface area contributed by atoms with Crippen molar-refractivity contribution in [3.63, 3.8) is 0 Å². The lowest BCUT2D eigenvalue weighted by Gasteiger charge is -2.27. The van der Waals surface area contributed by atoms with Gasteiger partial charge in [0.25, 0.3) is 0 Å². The SMILES string of the molecule is CC(N)(NC(CS)C(=O)O)C(=O)CS. The average molecular weight is 238 g/mol. The second-order valence-corrected chi connectivity index (χ2v) is 3.68. The molecule has 0 saturated heterocycles. The Balaban J connectivity index is 4.47. The Labute approximate surface area is 93.2 Å². The lowest BCUT2D eigenvalue weighted by atomic mass is 10.1. The molecule has 82 valence electrons. The van der Waals surface area contributed by atoms with Gasteiger partial charge in [0.1, 0.15) is 11.7 Å². The van der Waals surface area contributed by atoms with Gasteiger partial charge in [-0.25, -0.2) is 0 Å². The fourth-order valence-electron chi connectivity index (χ4n) is 0.792. The van der Waals surface area contributed by atoms with Gasteiger partial charge in [-0.3, -0.25) is 14.9 Å². The van der Waals surface area contributed by atoms with Crippen LogP contribution in [-0.4, -0.2) is 40.1 Å². The number of carboxylic acids is 1. The van der Waals surface area contributed by atoms with Gasteiger partial charge in [0.2, 0.25) is 0 Å². The molecule has 0 aliphatic rings. The first kappa shape index (κ1) is 13.8. The Kier molecular flexibility index (Phi) is 5.50. The predicted molar refractivity (Wildman–Crippen MR) is 59.9 cm³/mol. The number of thiol groups is 2. The molecule has 7 heteroatoms. The molecule has 0 aromatic heterocycles. The normalized spacial score (nSPS) is 17.1. The zero-order valence-corrected chi connectivity index (χ0v) is 9.52. The first-order chi connectivity index (χ1) is 6.35. The van der Waals surface area contributed by atoms with Crippen molar-refractivity contribution in [1.29, 1.82) is 0 Å². The minimum absolute atomic E-state index is 0.0427. The highest BCUT2D eigenvalue weighted by molar-refractivity contribution is 7.81. The topological polar surface area (TPSA) is 92.4 Å². The summed E-state index contributed by atoms with van der Waals surface area (Å²) in [6, 6.07) is -0.947. The van der Waals surface area contributed by atoms with Crippen LogP contribution in [0.3, 0.4) is 0 Å². The van der Waals surface area contributed by atoms with Gasteiger partial charge in [-0.1, -0.05) is 0 Å². The molecule has 0 aliphatic carbocycles. The third-order valence-electron chi connectivity index (χ3n) is 1.68. The molecule has 0 spiro atoms. The second-order valence-electron chi connectivity index (χ2n) is 3.00. The molecule has 5 nitrogen and oxygen atoms in total. The van der Waals surface area contributed by atoms with Gasteiger partial charge < -0.3 is 10.8 Å². The van der Waals surface area contributed by atoms with Crippen LogP contribution in [0.4, 0.5) is 0 Å². The number of ketones is 1. The van der Waals surface area contributed by atoms with Crippen LogP contribution < -0.4 is 11.1 Å². The standard InChI is InChI=1S/C7H14N2O3S2/c1-7(8,5(10)3-14)9-4(2-13)6(11)12/h4,9,13-14H,2-3,8H2,1H3,(H,11,12). The Hall–Kier alpha value is -0.240. The van der Waals surface area contributed by atoms with Crippen molar-refractivity contribution in [2.75, 3.05) is 11.5 Å². The Morgan fingerprint density at radius 3 is 2.36 bits per heavy atom. The van der Waals surface area contributed by atoms with E-state index in [9.17, 15) is 9.59 Å².